The smallest absolute Gasteiger partial charge is 0.162 e. The summed E-state index contributed by atoms with van der Waals surface area (Å²) in [6.07, 6.45) is 2.36. The number of allylic oxidation sites excluding steroid dienone is 4. The summed E-state index contributed by atoms with van der Waals surface area (Å²) in [4.78, 5) is 12.9. The van der Waals surface area contributed by atoms with Gasteiger partial charge in [-0.25, -0.2) is 0 Å². The van der Waals surface area contributed by atoms with Crippen LogP contribution in [0.3, 0.4) is 0 Å². The van der Waals surface area contributed by atoms with Crippen LogP contribution in [0.5, 0.6) is 0 Å². The minimum Gasteiger partial charge on any atom is -0.668 e. The molecule has 0 saturated heterocycles. The number of nitrogens with zero attached hydrogens (tertiary/aromatic N) is 2. The van der Waals surface area contributed by atoms with E-state index in [-0.39, 0.29) is 11.3 Å². The van der Waals surface area contributed by atoms with Crippen molar-refractivity contribution in [3.05, 3.63) is 55.0 Å². The van der Waals surface area contributed by atoms with Crippen LogP contribution < -0.4 is 11.5 Å². The van der Waals surface area contributed by atoms with Crippen LogP contribution in [0.15, 0.2) is 33.2 Å². The van der Waals surface area contributed by atoms with Crippen LogP contribution in [0.25, 0.3) is 10.6 Å². The number of hydrogen-bond acceptors (Lipinski definition) is 1. The molecule has 0 aromatic heterocycles. The minimum atomic E-state index is -2.89. The normalized spacial score (nSPS) is 19.5. The third-order valence-electron chi connectivity index (χ3n) is 5.53. The number of carbonyl (C=O) groups excluding carboxylic acids is 1. The molecule has 2 aliphatic rings. The molecule has 1 heterocycles. The van der Waals surface area contributed by atoms with E-state index in [0.29, 0.717) is 5.92 Å². The first-order valence-corrected chi connectivity index (χ1v) is 13.8. The number of fused-ring (bicyclic) bond motifs is 1. The van der Waals surface area contributed by atoms with E-state index >= 15 is 0 Å². The van der Waals surface area contributed by atoms with E-state index in [4.69, 9.17) is 0 Å². The summed E-state index contributed by atoms with van der Waals surface area (Å²) in [5.74, 6) is 0.616. The molecule has 1 amide bonds. The van der Waals surface area contributed by atoms with Crippen molar-refractivity contribution in [1.82, 2.24) is 3.80 Å². The molecule has 1 aromatic carbocycles. The summed E-state index contributed by atoms with van der Waals surface area (Å²) in [5.41, 5.74) is 5.08. The Morgan fingerprint density at radius 1 is 1.00 bits per heavy atom. The van der Waals surface area contributed by atoms with Crippen molar-refractivity contribution in [3.63, 3.8) is 0 Å². The van der Waals surface area contributed by atoms with E-state index in [2.05, 4.69) is 67.3 Å². The van der Waals surface area contributed by atoms with Crippen LogP contribution >= 0.6 is 0 Å². The Labute approximate surface area is 188 Å². The average Bonchev–Trinajstić information content (AvgIpc) is 3.13. The average molecular weight is 447 g/mol. The minimum absolute atomic E-state index is 0.188. The first-order valence-electron chi connectivity index (χ1n) is 10.6. The Hall–Kier alpha value is -1.20. The van der Waals surface area contributed by atoms with E-state index in [1.165, 1.54) is 33.9 Å². The van der Waals surface area contributed by atoms with Crippen LogP contribution in [0.2, 0.25) is 0 Å². The van der Waals surface area contributed by atoms with Crippen LogP contribution in [0.1, 0.15) is 52.7 Å². The molecular weight excluding hydrogens is 406 g/mol. The van der Waals surface area contributed by atoms with Gasteiger partial charge in [-0.1, -0.05) is 0 Å². The summed E-state index contributed by atoms with van der Waals surface area (Å²) in [5, 5.41) is 7.00. The number of benzene rings is 1. The van der Waals surface area contributed by atoms with E-state index in [0.717, 1.165) is 0 Å². The fourth-order valence-electron chi connectivity index (χ4n) is 4.27. The SMILES string of the molecule is CC1=CC(C)[C]([Ti+2]2([NH]C(=O)C(C)(C)C)[c]3cc(C)cc(C)[c]32)=C1C.C[N-]C.C[N-]C. The van der Waals surface area contributed by atoms with Gasteiger partial charge >= 0.3 is 150 Å². The topological polar surface area (TPSA) is 57.3 Å². The molecule has 1 N–H and O–H groups in total. The predicted molar refractivity (Wildman–Crippen MR) is 129 cm³/mol. The second-order valence-corrected chi connectivity index (χ2v) is 14.7. The molecule has 2 unspecified atom stereocenters. The van der Waals surface area contributed by atoms with E-state index in [1.807, 2.05) is 20.8 Å². The number of rotatable bonds is 2. The van der Waals surface area contributed by atoms with Crippen molar-refractivity contribution in [2.24, 2.45) is 11.3 Å². The maximum absolute atomic E-state index is 12.9. The van der Waals surface area contributed by atoms with Gasteiger partial charge in [-0.05, 0) is 0 Å². The molecule has 2 atom stereocenters. The summed E-state index contributed by atoms with van der Waals surface area (Å²) in [6.45, 7) is 17.1. The van der Waals surface area contributed by atoms with Crippen molar-refractivity contribution in [3.8, 4) is 0 Å². The second-order valence-electron chi connectivity index (χ2n) is 9.53. The quantitative estimate of drug-likeness (QED) is 0.644. The maximum Gasteiger partial charge on any atom is -0.162 e. The van der Waals surface area contributed by atoms with E-state index in [9.17, 15) is 4.79 Å². The maximum atomic E-state index is 12.9. The third kappa shape index (κ3) is 5.34. The van der Waals surface area contributed by atoms with Gasteiger partial charge < -0.3 is 10.6 Å². The van der Waals surface area contributed by atoms with Crippen molar-refractivity contribution >= 4 is 13.6 Å². The monoisotopic (exact) mass is 447 g/mol. The van der Waals surface area contributed by atoms with Gasteiger partial charge in [-0.15, -0.1) is 0 Å². The molecule has 0 radical (unpaired) electrons. The van der Waals surface area contributed by atoms with Gasteiger partial charge in [0, 0.05) is 0 Å². The van der Waals surface area contributed by atoms with Crippen molar-refractivity contribution < 1.29 is 21.6 Å². The first kappa shape index (κ1) is 26.8. The second kappa shape index (κ2) is 10.4. The summed E-state index contributed by atoms with van der Waals surface area (Å²) in [7, 11) is 7.00. The van der Waals surface area contributed by atoms with Gasteiger partial charge in [0.15, 0.2) is 0 Å². The number of nitrogens with one attached hydrogen (secondary N) is 1. The molecule has 0 saturated carbocycles. The Kier molecular flexibility index (Phi) is 9.31. The van der Waals surface area contributed by atoms with Crippen LogP contribution in [-0.4, -0.2) is 34.1 Å². The van der Waals surface area contributed by atoms with Crippen molar-refractivity contribution in [2.45, 2.75) is 55.4 Å². The zero-order chi connectivity index (χ0) is 23.4. The molecule has 3 rings (SSSR count). The largest absolute Gasteiger partial charge is 0.668 e. The van der Waals surface area contributed by atoms with Gasteiger partial charge in [0.25, 0.3) is 0 Å². The summed E-state index contributed by atoms with van der Waals surface area (Å²) in [6, 6.07) is 4.59. The fourth-order valence-corrected chi connectivity index (χ4v) is 13.2. The third-order valence-corrected chi connectivity index (χ3v) is 12.7. The Morgan fingerprint density at radius 3 is 1.90 bits per heavy atom. The van der Waals surface area contributed by atoms with Crippen LogP contribution in [0, 0.1) is 25.2 Å². The van der Waals surface area contributed by atoms with Crippen molar-refractivity contribution in [2.75, 3.05) is 28.2 Å². The molecule has 0 fully saturated rings. The van der Waals surface area contributed by atoms with Gasteiger partial charge in [0.05, 0.1) is 0 Å². The zero-order valence-corrected chi connectivity index (χ0v) is 22.7. The Balaban J connectivity index is 0.000000672. The molecule has 30 heavy (non-hydrogen) atoms. The fraction of sp³-hybridized carbons (Fsp3) is 0.560. The molecule has 1 aromatic rings. The molecule has 1 aliphatic carbocycles. The first-order chi connectivity index (χ1) is 13.8. The van der Waals surface area contributed by atoms with E-state index < -0.39 is 16.8 Å². The number of hydrogen-bond donors (Lipinski definition) is 1. The predicted octanol–water partition coefficient (Wildman–Crippen LogP) is 4.91. The van der Waals surface area contributed by atoms with Crippen LogP contribution in [0.4, 0.5) is 0 Å². The molecule has 1 aliphatic heterocycles. The van der Waals surface area contributed by atoms with Crippen molar-refractivity contribution in [1.29, 1.82) is 0 Å². The van der Waals surface area contributed by atoms with Gasteiger partial charge in [0.2, 0.25) is 0 Å². The molecule has 166 valence electrons. The Morgan fingerprint density at radius 2 is 1.50 bits per heavy atom. The standard InChI is InChI=1S/C8H11.C8H8.C5H11NO.2C2H6N.Ti/c1-6-4-7(2)8(3)5-6;1-7-4-3-5-8(2)6-7;1-5(2,3)4(6)7;2*1-3-2;/h4,6H,1-3H3;4,6H,1-2H3;1-3H3,(H2,6,7);2*1-2H3;/q;;;2*-1;+3/p-1. The molecule has 4 nitrogen and oxygen atoms in total. The molecule has 0 spiro atoms. The number of carbonyl (C=O) groups is 1. The molecule has 0 bridgehead atoms. The molecule has 5 heteroatoms. The van der Waals surface area contributed by atoms with Crippen LogP contribution in [-0.2, 0) is 21.6 Å². The van der Waals surface area contributed by atoms with Gasteiger partial charge in [-0.3, -0.25) is 0 Å². The van der Waals surface area contributed by atoms with Gasteiger partial charge in [-0.2, -0.15) is 28.2 Å². The Bertz CT molecular complexity index is 847. The van der Waals surface area contributed by atoms with E-state index in [1.54, 1.807) is 28.2 Å². The zero-order valence-electron chi connectivity index (χ0n) is 21.1. The molecular formula is C25H41N3OTi. The number of aryl methyl sites for hydroxylation is 2. The van der Waals surface area contributed by atoms with Gasteiger partial charge in [0.1, 0.15) is 0 Å². The summed E-state index contributed by atoms with van der Waals surface area (Å²) >= 11 is -2.89. The summed E-state index contributed by atoms with van der Waals surface area (Å²) < 4.78 is 8.11. The number of amides is 1.